The van der Waals surface area contributed by atoms with Crippen molar-refractivity contribution in [1.29, 1.82) is 0 Å². The Morgan fingerprint density at radius 1 is 1.03 bits per heavy atom. The minimum atomic E-state index is -4.16. The Kier molecular flexibility index (Phi) is 9.77. The van der Waals surface area contributed by atoms with Crippen LogP contribution in [-0.2, 0) is 26.2 Å². The number of carbonyl (C=O) groups excluding carboxylic acids is 2. The van der Waals surface area contributed by atoms with Crippen LogP contribution in [0.2, 0.25) is 5.02 Å². The molecule has 0 spiro atoms. The van der Waals surface area contributed by atoms with Gasteiger partial charge in [-0.1, -0.05) is 48.0 Å². The van der Waals surface area contributed by atoms with Crippen molar-refractivity contribution in [1.82, 2.24) is 10.2 Å². The molecule has 0 radical (unpaired) electrons. The standard InChI is InChI=1S/C28H32ClN3O5S/c1-5-30-28(34)21(3)31(18-22-11-9-12-23(17-22)37-4)27(33)19-32(26-16-10-15-25(29)20(26)2)38(35,36)24-13-7-6-8-14-24/h6-17,21H,5,18-19H2,1-4H3,(H,30,34). The van der Waals surface area contributed by atoms with E-state index in [0.29, 0.717) is 22.9 Å². The Morgan fingerprint density at radius 3 is 2.37 bits per heavy atom. The van der Waals surface area contributed by atoms with Crippen molar-refractivity contribution in [3.8, 4) is 5.75 Å². The highest BCUT2D eigenvalue weighted by atomic mass is 35.5. The second-order valence-corrected chi connectivity index (χ2v) is 10.9. The number of methoxy groups -OCH3 is 1. The molecule has 0 heterocycles. The van der Waals surface area contributed by atoms with Crippen LogP contribution in [0.1, 0.15) is 25.0 Å². The van der Waals surface area contributed by atoms with Crippen LogP contribution in [0.25, 0.3) is 0 Å². The topological polar surface area (TPSA) is 96.0 Å². The highest BCUT2D eigenvalue weighted by Gasteiger charge is 2.33. The fourth-order valence-electron chi connectivity index (χ4n) is 3.97. The molecular weight excluding hydrogens is 526 g/mol. The number of nitrogens with zero attached hydrogens (tertiary/aromatic N) is 2. The summed E-state index contributed by atoms with van der Waals surface area (Å²) < 4.78 is 34.0. The zero-order valence-corrected chi connectivity index (χ0v) is 23.4. The maximum atomic E-state index is 13.9. The molecule has 8 nitrogen and oxygen atoms in total. The predicted molar refractivity (Wildman–Crippen MR) is 149 cm³/mol. The summed E-state index contributed by atoms with van der Waals surface area (Å²) >= 11 is 6.33. The fourth-order valence-corrected chi connectivity index (χ4v) is 5.63. The molecule has 3 aromatic rings. The van der Waals surface area contributed by atoms with E-state index in [-0.39, 0.29) is 23.0 Å². The van der Waals surface area contributed by atoms with Gasteiger partial charge in [-0.3, -0.25) is 13.9 Å². The number of hydrogen-bond donors (Lipinski definition) is 1. The van der Waals surface area contributed by atoms with Gasteiger partial charge in [0.25, 0.3) is 10.0 Å². The number of rotatable bonds is 11. The monoisotopic (exact) mass is 557 g/mol. The molecular formula is C28H32ClN3O5S. The summed E-state index contributed by atoms with van der Waals surface area (Å²) in [4.78, 5) is 28.1. The number of anilines is 1. The lowest BCUT2D eigenvalue weighted by molar-refractivity contribution is -0.139. The molecule has 38 heavy (non-hydrogen) atoms. The first-order valence-corrected chi connectivity index (χ1v) is 13.9. The molecule has 0 aliphatic rings. The van der Waals surface area contributed by atoms with E-state index in [9.17, 15) is 18.0 Å². The summed E-state index contributed by atoms with van der Waals surface area (Å²) in [6.45, 7) is 5.02. The normalized spacial score (nSPS) is 11.9. The van der Waals surface area contributed by atoms with Crippen LogP contribution in [0.3, 0.4) is 0 Å². The molecule has 0 fully saturated rings. The van der Waals surface area contributed by atoms with E-state index in [1.165, 1.54) is 17.0 Å². The minimum absolute atomic E-state index is 0.0308. The number of nitrogens with one attached hydrogen (secondary N) is 1. The molecule has 0 aromatic heterocycles. The second kappa shape index (κ2) is 12.8. The third kappa shape index (κ3) is 6.65. The van der Waals surface area contributed by atoms with E-state index in [2.05, 4.69) is 5.32 Å². The summed E-state index contributed by atoms with van der Waals surface area (Å²) in [5.74, 6) is -0.297. The molecule has 1 unspecified atom stereocenters. The predicted octanol–water partition coefficient (Wildman–Crippen LogP) is 4.41. The van der Waals surface area contributed by atoms with Crippen molar-refractivity contribution in [2.24, 2.45) is 0 Å². The number of sulfonamides is 1. The van der Waals surface area contributed by atoms with Crippen LogP contribution in [-0.4, -0.2) is 51.4 Å². The van der Waals surface area contributed by atoms with Gasteiger partial charge in [0, 0.05) is 18.1 Å². The third-order valence-corrected chi connectivity index (χ3v) is 8.31. The molecule has 3 rings (SSSR count). The Balaban J connectivity index is 2.07. The molecule has 1 N–H and O–H groups in total. The smallest absolute Gasteiger partial charge is 0.264 e. The first kappa shape index (κ1) is 29.0. The maximum Gasteiger partial charge on any atom is 0.264 e. The first-order chi connectivity index (χ1) is 18.1. The maximum absolute atomic E-state index is 13.9. The van der Waals surface area contributed by atoms with Gasteiger partial charge in [-0.2, -0.15) is 0 Å². The molecule has 0 aliphatic heterocycles. The van der Waals surface area contributed by atoms with E-state index < -0.39 is 28.5 Å². The molecule has 0 saturated carbocycles. The lowest BCUT2D eigenvalue weighted by Gasteiger charge is -2.32. The molecule has 3 aromatic carbocycles. The summed E-state index contributed by atoms with van der Waals surface area (Å²) in [7, 11) is -2.61. The number of benzene rings is 3. The van der Waals surface area contributed by atoms with E-state index in [4.69, 9.17) is 16.3 Å². The van der Waals surface area contributed by atoms with Gasteiger partial charge in [-0.25, -0.2) is 8.42 Å². The van der Waals surface area contributed by atoms with Crippen LogP contribution in [0.5, 0.6) is 5.75 Å². The van der Waals surface area contributed by atoms with Crippen molar-refractivity contribution < 1.29 is 22.7 Å². The number of ether oxygens (including phenoxy) is 1. The summed E-state index contributed by atoms with van der Waals surface area (Å²) in [5.41, 5.74) is 1.52. The lowest BCUT2D eigenvalue weighted by Crippen LogP contribution is -2.51. The molecule has 0 saturated heterocycles. The van der Waals surface area contributed by atoms with E-state index >= 15 is 0 Å². The number of halogens is 1. The van der Waals surface area contributed by atoms with Gasteiger partial charge >= 0.3 is 0 Å². The van der Waals surface area contributed by atoms with Gasteiger partial charge in [0.15, 0.2) is 0 Å². The molecule has 10 heteroatoms. The SMILES string of the molecule is CCNC(=O)C(C)N(Cc1cccc(OC)c1)C(=O)CN(c1cccc(Cl)c1C)S(=O)(=O)c1ccccc1. The molecule has 0 aliphatic carbocycles. The molecule has 2 amide bonds. The van der Waals surface area contributed by atoms with E-state index in [1.54, 1.807) is 82.5 Å². The Labute approximate surface area is 229 Å². The second-order valence-electron chi connectivity index (χ2n) is 8.65. The van der Waals surface area contributed by atoms with Crippen molar-refractivity contribution in [3.05, 3.63) is 88.9 Å². The third-order valence-electron chi connectivity index (χ3n) is 6.12. The Bertz CT molecular complexity index is 1380. The minimum Gasteiger partial charge on any atom is -0.497 e. The summed E-state index contributed by atoms with van der Waals surface area (Å²) in [6.07, 6.45) is 0. The van der Waals surface area contributed by atoms with Crippen molar-refractivity contribution in [3.63, 3.8) is 0 Å². The van der Waals surface area contributed by atoms with E-state index in [1.807, 2.05) is 6.07 Å². The number of amides is 2. The van der Waals surface area contributed by atoms with Crippen LogP contribution >= 0.6 is 11.6 Å². The highest BCUT2D eigenvalue weighted by molar-refractivity contribution is 7.92. The average Bonchev–Trinajstić information content (AvgIpc) is 2.92. The molecule has 202 valence electrons. The summed E-state index contributed by atoms with van der Waals surface area (Å²) in [5, 5.41) is 3.11. The van der Waals surface area contributed by atoms with Gasteiger partial charge in [0.05, 0.1) is 17.7 Å². The van der Waals surface area contributed by atoms with Gasteiger partial charge in [0.2, 0.25) is 11.8 Å². The van der Waals surface area contributed by atoms with Crippen molar-refractivity contribution in [2.45, 2.75) is 38.3 Å². The average molecular weight is 558 g/mol. The fraction of sp³-hybridized carbons (Fsp3) is 0.286. The van der Waals surface area contributed by atoms with Crippen LogP contribution in [0.4, 0.5) is 5.69 Å². The van der Waals surface area contributed by atoms with Gasteiger partial charge in [0.1, 0.15) is 18.3 Å². The zero-order chi connectivity index (χ0) is 27.9. The molecule has 1 atom stereocenters. The number of likely N-dealkylation sites (N-methyl/N-ethyl adjacent to an activating group) is 1. The quantitative estimate of drug-likeness (QED) is 0.377. The lowest BCUT2D eigenvalue weighted by atomic mass is 10.1. The van der Waals surface area contributed by atoms with Gasteiger partial charge in [-0.15, -0.1) is 0 Å². The number of hydrogen-bond acceptors (Lipinski definition) is 5. The summed E-state index contributed by atoms with van der Waals surface area (Å²) in [6, 6.07) is 19.1. The highest BCUT2D eigenvalue weighted by Crippen LogP contribution is 2.31. The number of carbonyl (C=O) groups is 2. The Hall–Kier alpha value is -3.56. The van der Waals surface area contributed by atoms with Gasteiger partial charge < -0.3 is 15.0 Å². The first-order valence-electron chi connectivity index (χ1n) is 12.1. The molecule has 0 bridgehead atoms. The largest absolute Gasteiger partial charge is 0.497 e. The van der Waals surface area contributed by atoms with Gasteiger partial charge in [-0.05, 0) is 68.3 Å². The zero-order valence-electron chi connectivity index (χ0n) is 21.8. The van der Waals surface area contributed by atoms with Crippen LogP contribution in [0.15, 0.2) is 77.7 Å². The van der Waals surface area contributed by atoms with E-state index in [0.717, 1.165) is 9.87 Å². The van der Waals surface area contributed by atoms with Crippen molar-refractivity contribution >= 4 is 39.1 Å². The van der Waals surface area contributed by atoms with Crippen LogP contribution in [0, 0.1) is 6.92 Å². The van der Waals surface area contributed by atoms with Crippen molar-refractivity contribution in [2.75, 3.05) is 24.5 Å². The Morgan fingerprint density at radius 2 is 1.71 bits per heavy atom. The van der Waals surface area contributed by atoms with Crippen LogP contribution < -0.4 is 14.4 Å².